The molecule has 2 rings (SSSR count). The molecular weight excluding hydrogens is 282 g/mol. The quantitative estimate of drug-likeness (QED) is 0.908. The predicted molar refractivity (Wildman–Crippen MR) is 74.4 cm³/mol. The fraction of sp³-hybridized carbons (Fsp3) is 0.583. The van der Waals surface area contributed by atoms with Crippen LogP contribution in [-0.2, 0) is 10.0 Å². The van der Waals surface area contributed by atoms with Crippen molar-refractivity contribution in [3.8, 4) is 6.07 Å². The van der Waals surface area contributed by atoms with Gasteiger partial charge < -0.3 is 5.32 Å². The maximum Gasteiger partial charge on any atom is 0.252 e. The van der Waals surface area contributed by atoms with Gasteiger partial charge in [0, 0.05) is 13.1 Å². The van der Waals surface area contributed by atoms with Gasteiger partial charge in [0.25, 0.3) is 10.0 Å². The van der Waals surface area contributed by atoms with Crippen LogP contribution in [0.5, 0.6) is 0 Å². The lowest BCUT2D eigenvalue weighted by molar-refractivity contribution is 0.271. The number of hydrogen-bond acceptors (Lipinski definition) is 5. The Kier molecular flexibility index (Phi) is 4.58. The fourth-order valence-electron chi connectivity index (χ4n) is 2.29. The van der Waals surface area contributed by atoms with E-state index < -0.39 is 10.0 Å². The first-order valence-electron chi connectivity index (χ1n) is 6.22. The van der Waals surface area contributed by atoms with Crippen molar-refractivity contribution in [1.82, 2.24) is 9.62 Å². The summed E-state index contributed by atoms with van der Waals surface area (Å²) >= 11 is 1.04. The third-order valence-corrected chi connectivity index (χ3v) is 6.71. The van der Waals surface area contributed by atoms with Crippen molar-refractivity contribution in [3.63, 3.8) is 0 Å². The van der Waals surface area contributed by atoms with Crippen LogP contribution >= 0.6 is 11.3 Å². The average molecular weight is 299 g/mol. The summed E-state index contributed by atoms with van der Waals surface area (Å²) in [6.45, 7) is 2.06. The van der Waals surface area contributed by atoms with E-state index in [1.54, 1.807) is 6.07 Å². The van der Waals surface area contributed by atoms with Gasteiger partial charge in [-0.25, -0.2) is 8.42 Å². The highest BCUT2D eigenvalue weighted by atomic mass is 32.2. The molecule has 0 radical (unpaired) electrons. The highest BCUT2D eigenvalue weighted by Gasteiger charge is 2.30. The summed E-state index contributed by atoms with van der Waals surface area (Å²) < 4.78 is 26.6. The summed E-state index contributed by atoms with van der Waals surface area (Å²) in [5, 5.41) is 11.9. The molecule has 1 aliphatic rings. The van der Waals surface area contributed by atoms with Crippen molar-refractivity contribution in [2.75, 3.05) is 26.7 Å². The number of hydrogen-bond donors (Lipinski definition) is 1. The Morgan fingerprint density at radius 3 is 2.68 bits per heavy atom. The second-order valence-corrected chi connectivity index (χ2v) is 7.88. The molecule has 2 heterocycles. The van der Waals surface area contributed by atoms with E-state index in [1.807, 2.05) is 13.1 Å². The van der Waals surface area contributed by atoms with Crippen molar-refractivity contribution in [2.45, 2.75) is 17.1 Å². The van der Waals surface area contributed by atoms with Gasteiger partial charge in [0.1, 0.15) is 15.2 Å². The maximum absolute atomic E-state index is 12.4. The molecule has 1 N–H and O–H groups in total. The summed E-state index contributed by atoms with van der Waals surface area (Å²) in [6.07, 6.45) is 1.77. The van der Waals surface area contributed by atoms with Crippen molar-refractivity contribution in [1.29, 1.82) is 5.26 Å². The third kappa shape index (κ3) is 3.15. The second-order valence-electron chi connectivity index (χ2n) is 4.64. The van der Waals surface area contributed by atoms with Gasteiger partial charge in [0.15, 0.2) is 0 Å². The minimum absolute atomic E-state index is 0.274. The minimum Gasteiger partial charge on any atom is -0.319 e. The van der Waals surface area contributed by atoms with Crippen LogP contribution < -0.4 is 5.32 Å². The van der Waals surface area contributed by atoms with Crippen LogP contribution in [0.2, 0.25) is 0 Å². The lowest BCUT2D eigenvalue weighted by Crippen LogP contribution is -2.40. The maximum atomic E-state index is 12.4. The zero-order chi connectivity index (χ0) is 13.9. The zero-order valence-electron chi connectivity index (χ0n) is 10.8. The van der Waals surface area contributed by atoms with Crippen molar-refractivity contribution < 1.29 is 8.42 Å². The Hall–Kier alpha value is -0.940. The van der Waals surface area contributed by atoms with Gasteiger partial charge in [-0.3, -0.25) is 0 Å². The molecule has 104 valence electrons. The first kappa shape index (κ1) is 14.5. The Labute approximate surface area is 117 Å². The second kappa shape index (κ2) is 6.01. The molecule has 0 aromatic carbocycles. The molecule has 19 heavy (non-hydrogen) atoms. The molecule has 0 unspecified atom stereocenters. The number of sulfonamides is 1. The molecule has 0 bridgehead atoms. The summed E-state index contributed by atoms with van der Waals surface area (Å²) in [7, 11) is -1.49. The molecule has 0 aliphatic carbocycles. The molecule has 0 atom stereocenters. The van der Waals surface area contributed by atoms with Crippen molar-refractivity contribution >= 4 is 21.4 Å². The molecule has 1 aromatic heterocycles. The van der Waals surface area contributed by atoms with E-state index in [0.29, 0.717) is 23.9 Å². The van der Waals surface area contributed by atoms with Crippen LogP contribution in [0.1, 0.15) is 17.7 Å². The van der Waals surface area contributed by atoms with Crippen LogP contribution in [0.25, 0.3) is 0 Å². The Balaban J connectivity index is 2.08. The van der Waals surface area contributed by atoms with E-state index in [4.69, 9.17) is 5.26 Å². The standard InChI is InChI=1S/C12H17N3O2S2/c1-14-9-10-4-6-15(7-5-10)19(16,17)12-3-2-11(8-13)18-12/h2-3,10,14H,4-7,9H2,1H3. The molecule has 7 heteroatoms. The Morgan fingerprint density at radius 2 is 2.16 bits per heavy atom. The van der Waals surface area contributed by atoms with Gasteiger partial charge in [-0.15, -0.1) is 11.3 Å². The average Bonchev–Trinajstić information content (AvgIpc) is 2.89. The fourth-order valence-corrected chi connectivity index (χ4v) is 5.02. The molecular formula is C12H17N3O2S2. The van der Waals surface area contributed by atoms with E-state index in [2.05, 4.69) is 5.32 Å². The number of nitrogens with one attached hydrogen (secondary N) is 1. The largest absolute Gasteiger partial charge is 0.319 e. The lowest BCUT2D eigenvalue weighted by Gasteiger charge is -2.30. The van der Waals surface area contributed by atoms with Gasteiger partial charge in [-0.2, -0.15) is 9.57 Å². The van der Waals surface area contributed by atoms with E-state index in [-0.39, 0.29) is 4.21 Å². The van der Waals surface area contributed by atoms with Crippen molar-refractivity contribution in [2.24, 2.45) is 5.92 Å². The van der Waals surface area contributed by atoms with Crippen LogP contribution in [0.3, 0.4) is 0 Å². The SMILES string of the molecule is CNCC1CCN(S(=O)(=O)c2ccc(C#N)s2)CC1. The van der Waals surface area contributed by atoms with Gasteiger partial charge >= 0.3 is 0 Å². The summed E-state index contributed by atoms with van der Waals surface area (Å²) in [4.78, 5) is 0.434. The topological polar surface area (TPSA) is 73.2 Å². The van der Waals surface area contributed by atoms with Crippen LogP contribution in [0, 0.1) is 17.2 Å². The molecule has 0 spiro atoms. The molecule has 1 aliphatic heterocycles. The third-order valence-electron chi connectivity index (χ3n) is 3.35. The van der Waals surface area contributed by atoms with E-state index in [0.717, 1.165) is 30.7 Å². The Morgan fingerprint density at radius 1 is 1.47 bits per heavy atom. The van der Waals surface area contributed by atoms with E-state index >= 15 is 0 Å². The molecule has 0 saturated carbocycles. The molecule has 5 nitrogen and oxygen atoms in total. The normalized spacial score (nSPS) is 18.3. The zero-order valence-corrected chi connectivity index (χ0v) is 12.4. The smallest absolute Gasteiger partial charge is 0.252 e. The van der Waals surface area contributed by atoms with Crippen LogP contribution in [0.15, 0.2) is 16.3 Å². The predicted octanol–water partition coefficient (Wildman–Crippen LogP) is 1.24. The number of rotatable bonds is 4. The number of nitrogens with zero attached hydrogens (tertiary/aromatic N) is 2. The highest BCUT2D eigenvalue weighted by molar-refractivity contribution is 7.91. The van der Waals surface area contributed by atoms with Gasteiger partial charge in [0.2, 0.25) is 0 Å². The lowest BCUT2D eigenvalue weighted by atomic mass is 9.98. The van der Waals surface area contributed by atoms with Crippen LogP contribution in [0.4, 0.5) is 0 Å². The first-order valence-corrected chi connectivity index (χ1v) is 8.48. The summed E-state index contributed by atoms with van der Waals surface area (Å²) in [5.74, 6) is 0.550. The molecule has 0 amide bonds. The first-order chi connectivity index (χ1) is 9.07. The van der Waals surface area contributed by atoms with Crippen LogP contribution in [-0.4, -0.2) is 39.4 Å². The number of thiophene rings is 1. The minimum atomic E-state index is -3.41. The molecule has 1 aromatic rings. The highest BCUT2D eigenvalue weighted by Crippen LogP contribution is 2.27. The monoisotopic (exact) mass is 299 g/mol. The summed E-state index contributed by atoms with van der Waals surface area (Å²) in [6, 6.07) is 5.06. The van der Waals surface area contributed by atoms with Gasteiger partial charge in [-0.05, 0) is 44.5 Å². The van der Waals surface area contributed by atoms with Gasteiger partial charge in [-0.1, -0.05) is 0 Å². The number of piperidine rings is 1. The Bertz CT molecular complexity index is 566. The van der Waals surface area contributed by atoms with Gasteiger partial charge in [0.05, 0.1) is 0 Å². The van der Waals surface area contributed by atoms with Crippen molar-refractivity contribution in [3.05, 3.63) is 17.0 Å². The molecule has 1 saturated heterocycles. The summed E-state index contributed by atoms with van der Waals surface area (Å²) in [5.41, 5.74) is 0. The number of nitriles is 1. The van der Waals surface area contributed by atoms with E-state index in [9.17, 15) is 8.42 Å². The van der Waals surface area contributed by atoms with E-state index in [1.165, 1.54) is 10.4 Å². The molecule has 1 fully saturated rings.